The van der Waals surface area contributed by atoms with E-state index in [4.69, 9.17) is 0 Å². The highest BCUT2D eigenvalue weighted by molar-refractivity contribution is 5.99. The molecule has 6 nitrogen and oxygen atoms in total. The summed E-state index contributed by atoms with van der Waals surface area (Å²) < 4.78 is 3.95. The van der Waals surface area contributed by atoms with E-state index in [1.807, 2.05) is 48.5 Å². The number of fused-ring (bicyclic) bond motifs is 2. The molecular weight excluding hydrogens is 338 g/mol. The van der Waals surface area contributed by atoms with Crippen molar-refractivity contribution in [1.29, 1.82) is 0 Å². The minimum atomic E-state index is -0.0312. The van der Waals surface area contributed by atoms with Gasteiger partial charge in [-0.3, -0.25) is 9.48 Å². The van der Waals surface area contributed by atoms with Crippen LogP contribution in [0.25, 0.3) is 22.0 Å². The molecule has 5 rings (SSSR count). The molecule has 3 heterocycles. The van der Waals surface area contributed by atoms with Crippen molar-refractivity contribution in [2.24, 2.45) is 7.05 Å². The number of amides is 1. The van der Waals surface area contributed by atoms with E-state index in [0.29, 0.717) is 5.56 Å². The Labute approximate surface area is 156 Å². The predicted molar refractivity (Wildman–Crippen MR) is 103 cm³/mol. The van der Waals surface area contributed by atoms with Gasteiger partial charge in [-0.1, -0.05) is 18.2 Å². The Morgan fingerprint density at radius 3 is 2.81 bits per heavy atom. The largest absolute Gasteiger partial charge is 0.347 e. The monoisotopic (exact) mass is 357 g/mol. The average molecular weight is 357 g/mol. The summed E-state index contributed by atoms with van der Waals surface area (Å²) in [4.78, 5) is 16.8. The summed E-state index contributed by atoms with van der Waals surface area (Å²) in [5.74, 6) is -0.0312. The molecule has 1 amide bonds. The number of aromatic nitrogens is 4. The Balaban J connectivity index is 1.37. The number of benzene rings is 2. The number of hydrogen-bond acceptors (Lipinski definition) is 3. The number of nitrogens with one attached hydrogen (secondary N) is 1. The molecule has 1 atom stereocenters. The van der Waals surface area contributed by atoms with E-state index in [9.17, 15) is 4.79 Å². The molecule has 4 aromatic rings. The molecule has 0 bridgehead atoms. The van der Waals surface area contributed by atoms with Gasteiger partial charge in [0.05, 0.1) is 18.1 Å². The smallest absolute Gasteiger partial charge is 0.251 e. The average Bonchev–Trinajstić information content (AvgIpc) is 3.37. The van der Waals surface area contributed by atoms with Crippen LogP contribution in [0.1, 0.15) is 16.1 Å². The summed E-state index contributed by atoms with van der Waals surface area (Å²) in [6, 6.07) is 14.2. The second-order valence-electron chi connectivity index (χ2n) is 7.03. The summed E-state index contributed by atoms with van der Waals surface area (Å²) >= 11 is 0. The van der Waals surface area contributed by atoms with E-state index in [2.05, 4.69) is 38.2 Å². The molecule has 1 aliphatic heterocycles. The lowest BCUT2D eigenvalue weighted by Gasteiger charge is -2.12. The normalized spacial score (nSPS) is 15.8. The van der Waals surface area contributed by atoms with Crippen molar-refractivity contribution in [3.05, 3.63) is 72.4 Å². The number of rotatable bonds is 3. The Morgan fingerprint density at radius 1 is 1.15 bits per heavy atom. The number of imidazole rings is 1. The van der Waals surface area contributed by atoms with E-state index < -0.39 is 0 Å². The summed E-state index contributed by atoms with van der Waals surface area (Å²) in [7, 11) is 1.93. The molecule has 0 aliphatic carbocycles. The Morgan fingerprint density at radius 2 is 2.00 bits per heavy atom. The number of hydrogen-bond donors (Lipinski definition) is 1. The third-order valence-corrected chi connectivity index (χ3v) is 5.23. The number of aryl methyl sites for hydroxylation is 1. The van der Waals surface area contributed by atoms with Gasteiger partial charge in [-0.25, -0.2) is 4.98 Å². The predicted octanol–water partition coefficient (Wildman–Crippen LogP) is 2.79. The quantitative estimate of drug-likeness (QED) is 0.613. The second kappa shape index (κ2) is 6.09. The molecule has 1 N–H and O–H groups in total. The lowest BCUT2D eigenvalue weighted by Crippen LogP contribution is -2.35. The van der Waals surface area contributed by atoms with E-state index >= 15 is 0 Å². The first-order valence-corrected chi connectivity index (χ1v) is 8.99. The number of nitrogens with zero attached hydrogens (tertiary/aromatic N) is 4. The van der Waals surface area contributed by atoms with Crippen molar-refractivity contribution in [3.8, 4) is 11.3 Å². The van der Waals surface area contributed by atoms with Gasteiger partial charge in [0.15, 0.2) is 0 Å². The third kappa shape index (κ3) is 2.79. The van der Waals surface area contributed by atoms with Gasteiger partial charge >= 0.3 is 0 Å². The molecule has 1 unspecified atom stereocenters. The van der Waals surface area contributed by atoms with Crippen molar-refractivity contribution in [2.75, 3.05) is 0 Å². The fraction of sp³-hybridized carbons (Fsp3) is 0.190. The molecule has 0 saturated heterocycles. The van der Waals surface area contributed by atoms with Crippen LogP contribution in [-0.4, -0.2) is 31.3 Å². The standard InChI is InChI=1S/C21H19N5O/c1-25-20(6-7-23-25)16-4-2-15-9-17(5-3-14(15)8-16)21(27)24-18-10-19-11-22-13-26(19)12-18/h2-9,11,13,18H,10,12H2,1H3,(H,24,27). The maximum absolute atomic E-state index is 12.7. The summed E-state index contributed by atoms with van der Waals surface area (Å²) in [5.41, 5.74) is 4.03. The minimum absolute atomic E-state index is 0.0312. The van der Waals surface area contributed by atoms with Gasteiger partial charge in [-0.2, -0.15) is 5.10 Å². The maximum Gasteiger partial charge on any atom is 0.251 e. The maximum atomic E-state index is 12.7. The first-order valence-electron chi connectivity index (χ1n) is 8.99. The topological polar surface area (TPSA) is 64.7 Å². The highest BCUT2D eigenvalue weighted by atomic mass is 16.1. The van der Waals surface area contributed by atoms with Crippen LogP contribution in [0.3, 0.4) is 0 Å². The molecule has 0 saturated carbocycles. The van der Waals surface area contributed by atoms with Gasteiger partial charge in [0, 0.05) is 49.2 Å². The molecule has 2 aromatic heterocycles. The zero-order valence-electron chi connectivity index (χ0n) is 15.0. The van der Waals surface area contributed by atoms with Crippen molar-refractivity contribution in [3.63, 3.8) is 0 Å². The molecule has 1 aliphatic rings. The lowest BCUT2D eigenvalue weighted by atomic mass is 10.0. The second-order valence-corrected chi connectivity index (χ2v) is 7.03. The van der Waals surface area contributed by atoms with Crippen molar-refractivity contribution >= 4 is 16.7 Å². The number of carbonyl (C=O) groups is 1. The molecule has 0 fully saturated rings. The molecule has 0 radical (unpaired) electrons. The van der Waals surface area contributed by atoms with Crippen LogP contribution in [0.15, 0.2) is 61.2 Å². The third-order valence-electron chi connectivity index (χ3n) is 5.23. The fourth-order valence-electron chi connectivity index (χ4n) is 3.81. The van der Waals surface area contributed by atoms with Crippen molar-refractivity contribution in [2.45, 2.75) is 19.0 Å². The van der Waals surface area contributed by atoms with Crippen LogP contribution in [0.5, 0.6) is 0 Å². The molecule has 2 aromatic carbocycles. The SMILES string of the molecule is Cn1nccc1-c1ccc2cc(C(=O)NC3Cc4cncn4C3)ccc2c1. The van der Waals surface area contributed by atoms with Crippen LogP contribution in [0, 0.1) is 0 Å². The Kier molecular flexibility index (Phi) is 3.57. The summed E-state index contributed by atoms with van der Waals surface area (Å²) in [6.45, 7) is 0.780. The first kappa shape index (κ1) is 15.8. The van der Waals surface area contributed by atoms with E-state index in [-0.39, 0.29) is 11.9 Å². The molecule has 0 spiro atoms. The van der Waals surface area contributed by atoms with Gasteiger partial charge in [0.1, 0.15) is 0 Å². The van der Waals surface area contributed by atoms with Gasteiger partial charge < -0.3 is 9.88 Å². The minimum Gasteiger partial charge on any atom is -0.347 e. The Bertz CT molecular complexity index is 1140. The molecule has 134 valence electrons. The van der Waals surface area contributed by atoms with E-state index in [1.54, 1.807) is 6.20 Å². The summed E-state index contributed by atoms with van der Waals surface area (Å²) in [5, 5.41) is 9.52. The van der Waals surface area contributed by atoms with Gasteiger partial charge in [-0.05, 0) is 35.0 Å². The molecular formula is C21H19N5O. The van der Waals surface area contributed by atoms with E-state index in [0.717, 1.165) is 35.0 Å². The van der Waals surface area contributed by atoms with Crippen LogP contribution in [0.4, 0.5) is 0 Å². The fourth-order valence-corrected chi connectivity index (χ4v) is 3.81. The molecule has 27 heavy (non-hydrogen) atoms. The van der Waals surface area contributed by atoms with Crippen molar-refractivity contribution in [1.82, 2.24) is 24.6 Å². The zero-order chi connectivity index (χ0) is 18.4. The van der Waals surface area contributed by atoms with Crippen molar-refractivity contribution < 1.29 is 4.79 Å². The van der Waals surface area contributed by atoms with Gasteiger partial charge in [0.25, 0.3) is 5.91 Å². The lowest BCUT2D eigenvalue weighted by molar-refractivity contribution is 0.0937. The van der Waals surface area contributed by atoms with Gasteiger partial charge in [0.2, 0.25) is 0 Å². The van der Waals surface area contributed by atoms with Crippen LogP contribution >= 0.6 is 0 Å². The van der Waals surface area contributed by atoms with Crippen LogP contribution in [-0.2, 0) is 20.0 Å². The highest BCUT2D eigenvalue weighted by Gasteiger charge is 2.23. The molecule has 6 heteroatoms. The zero-order valence-corrected chi connectivity index (χ0v) is 15.0. The Hall–Kier alpha value is -3.41. The van der Waals surface area contributed by atoms with Crippen LogP contribution in [0.2, 0.25) is 0 Å². The summed E-state index contributed by atoms with van der Waals surface area (Å²) in [6.07, 6.45) is 6.30. The highest BCUT2D eigenvalue weighted by Crippen LogP contribution is 2.25. The van der Waals surface area contributed by atoms with E-state index in [1.165, 1.54) is 5.69 Å². The van der Waals surface area contributed by atoms with Gasteiger partial charge in [-0.15, -0.1) is 0 Å². The number of carbonyl (C=O) groups excluding carboxylic acids is 1. The van der Waals surface area contributed by atoms with Crippen LogP contribution < -0.4 is 5.32 Å². The first-order chi connectivity index (χ1) is 13.2.